The number of aromatic nitrogens is 3. The minimum atomic E-state index is -0.697. The summed E-state index contributed by atoms with van der Waals surface area (Å²) in [5.41, 5.74) is 6.55. The number of nitrogens with zero attached hydrogens (tertiary/aromatic N) is 4. The van der Waals surface area contributed by atoms with E-state index in [1.54, 1.807) is 36.6 Å². The van der Waals surface area contributed by atoms with E-state index in [1.807, 2.05) is 0 Å². The van der Waals surface area contributed by atoms with Crippen molar-refractivity contribution in [1.82, 2.24) is 14.5 Å². The molecule has 2 aromatic heterocycles. The Balaban J connectivity index is 1.51. The molecule has 2 atom stereocenters. The van der Waals surface area contributed by atoms with Crippen molar-refractivity contribution in [2.45, 2.75) is 20.0 Å². The van der Waals surface area contributed by atoms with E-state index in [-0.39, 0.29) is 24.4 Å². The number of amides is 2. The lowest BCUT2D eigenvalue weighted by Gasteiger charge is -2.16. The van der Waals surface area contributed by atoms with Crippen molar-refractivity contribution in [3.63, 3.8) is 0 Å². The van der Waals surface area contributed by atoms with Crippen LogP contribution < -0.4 is 10.6 Å². The molecule has 0 radical (unpaired) electrons. The third-order valence-corrected chi connectivity index (χ3v) is 5.50. The minimum absolute atomic E-state index is 0.0939. The van der Waals surface area contributed by atoms with Crippen LogP contribution in [-0.4, -0.2) is 51.8 Å². The van der Waals surface area contributed by atoms with Gasteiger partial charge in [-0.05, 0) is 44.2 Å². The van der Waals surface area contributed by atoms with E-state index in [2.05, 4.69) is 9.97 Å². The number of rotatable bonds is 7. The molecule has 0 saturated carbocycles. The number of ether oxygens (including phenoxy) is 2. The van der Waals surface area contributed by atoms with Crippen LogP contribution in [0.5, 0.6) is 0 Å². The summed E-state index contributed by atoms with van der Waals surface area (Å²) in [6, 6.07) is 7.69. The van der Waals surface area contributed by atoms with E-state index in [0.29, 0.717) is 17.1 Å². The van der Waals surface area contributed by atoms with Crippen molar-refractivity contribution in [3.8, 4) is 16.9 Å². The Kier molecular flexibility index (Phi) is 6.26. The van der Waals surface area contributed by atoms with E-state index >= 15 is 0 Å². The number of anilines is 1. The standard InChI is InChI=1S/C23H22FN5O5/c1-3-33-22(31)18-10-28(12-27-18)20-7-4-14(9-26-20)16-6-5-15(8-17(16)24)29-11-19(34-23(29)32)13(2)21(25)30/h4-10,12-13,19H,3,11H2,1-2H3,(H2,25,30)/t13-,19?/m0/s1. The van der Waals surface area contributed by atoms with Crippen molar-refractivity contribution >= 4 is 23.7 Å². The van der Waals surface area contributed by atoms with E-state index < -0.39 is 35.8 Å². The number of nitrogens with two attached hydrogens (primary N) is 1. The predicted octanol–water partition coefficient (Wildman–Crippen LogP) is 2.70. The Bertz CT molecular complexity index is 1240. The number of pyridine rings is 1. The Labute approximate surface area is 194 Å². The molecule has 34 heavy (non-hydrogen) atoms. The molecule has 1 fully saturated rings. The van der Waals surface area contributed by atoms with Gasteiger partial charge in [-0.1, -0.05) is 0 Å². The highest BCUT2D eigenvalue weighted by Crippen LogP contribution is 2.30. The lowest BCUT2D eigenvalue weighted by Crippen LogP contribution is -2.34. The summed E-state index contributed by atoms with van der Waals surface area (Å²) in [4.78, 5) is 45.0. The van der Waals surface area contributed by atoms with Gasteiger partial charge < -0.3 is 15.2 Å². The molecule has 11 heteroatoms. The van der Waals surface area contributed by atoms with Crippen LogP contribution in [-0.2, 0) is 14.3 Å². The molecule has 3 aromatic rings. The molecule has 10 nitrogen and oxygen atoms in total. The van der Waals surface area contributed by atoms with E-state index in [0.717, 1.165) is 0 Å². The zero-order valence-corrected chi connectivity index (χ0v) is 18.5. The molecule has 2 N–H and O–H groups in total. The molecular formula is C23H22FN5O5. The maximum atomic E-state index is 14.9. The molecule has 0 bridgehead atoms. The maximum absolute atomic E-state index is 14.9. The molecule has 1 unspecified atom stereocenters. The summed E-state index contributed by atoms with van der Waals surface area (Å²) in [5.74, 6) is -1.84. The topological polar surface area (TPSA) is 130 Å². The van der Waals surface area contributed by atoms with Crippen LogP contribution in [0.15, 0.2) is 49.1 Å². The summed E-state index contributed by atoms with van der Waals surface area (Å²) in [7, 11) is 0. The third-order valence-electron chi connectivity index (χ3n) is 5.50. The van der Waals surface area contributed by atoms with Crippen molar-refractivity contribution in [1.29, 1.82) is 0 Å². The molecule has 1 aliphatic heterocycles. The average molecular weight is 467 g/mol. The van der Waals surface area contributed by atoms with Gasteiger partial charge in [0.15, 0.2) is 5.69 Å². The quantitative estimate of drug-likeness (QED) is 0.529. The van der Waals surface area contributed by atoms with Crippen molar-refractivity contribution in [3.05, 3.63) is 60.6 Å². The van der Waals surface area contributed by atoms with Crippen LogP contribution in [0.25, 0.3) is 16.9 Å². The molecule has 176 valence electrons. The number of hydrogen-bond donors (Lipinski definition) is 1. The van der Waals surface area contributed by atoms with Crippen molar-refractivity contribution < 1.29 is 28.2 Å². The summed E-state index contributed by atoms with van der Waals surface area (Å²) in [6.45, 7) is 3.62. The van der Waals surface area contributed by atoms with Gasteiger partial charge in [0.1, 0.15) is 24.1 Å². The second kappa shape index (κ2) is 9.30. The minimum Gasteiger partial charge on any atom is -0.461 e. The average Bonchev–Trinajstić information content (AvgIpc) is 3.46. The van der Waals surface area contributed by atoms with Gasteiger partial charge >= 0.3 is 12.1 Å². The first kappa shape index (κ1) is 22.9. The highest BCUT2D eigenvalue weighted by Gasteiger charge is 2.37. The molecule has 3 heterocycles. The number of esters is 1. The largest absolute Gasteiger partial charge is 0.461 e. The normalized spacial score (nSPS) is 16.3. The summed E-state index contributed by atoms with van der Waals surface area (Å²) >= 11 is 0. The van der Waals surface area contributed by atoms with Crippen LogP contribution in [0, 0.1) is 11.7 Å². The SMILES string of the molecule is CCOC(=O)c1cn(-c2ccc(-c3ccc(N4CC([C@H](C)C(N)=O)OC4=O)cc3F)cn2)cn1. The third kappa shape index (κ3) is 4.45. The van der Waals surface area contributed by atoms with E-state index in [4.69, 9.17) is 15.2 Å². The Morgan fingerprint density at radius 3 is 2.74 bits per heavy atom. The van der Waals surface area contributed by atoms with Gasteiger partial charge in [-0.3, -0.25) is 14.3 Å². The first-order valence-electron chi connectivity index (χ1n) is 10.5. The maximum Gasteiger partial charge on any atom is 0.414 e. The fourth-order valence-corrected chi connectivity index (χ4v) is 3.50. The molecule has 0 aliphatic carbocycles. The summed E-state index contributed by atoms with van der Waals surface area (Å²) in [6.07, 6.45) is 3.06. The van der Waals surface area contributed by atoms with Crippen LogP contribution in [0.4, 0.5) is 14.9 Å². The zero-order chi connectivity index (χ0) is 24.4. The van der Waals surface area contributed by atoms with Crippen LogP contribution in [0.2, 0.25) is 0 Å². The van der Waals surface area contributed by atoms with Gasteiger partial charge in [0, 0.05) is 23.5 Å². The lowest BCUT2D eigenvalue weighted by molar-refractivity contribution is -0.123. The van der Waals surface area contributed by atoms with E-state index in [9.17, 15) is 18.8 Å². The predicted molar refractivity (Wildman–Crippen MR) is 119 cm³/mol. The van der Waals surface area contributed by atoms with Crippen LogP contribution >= 0.6 is 0 Å². The van der Waals surface area contributed by atoms with Gasteiger partial charge in [0.2, 0.25) is 5.91 Å². The monoisotopic (exact) mass is 467 g/mol. The van der Waals surface area contributed by atoms with Gasteiger partial charge in [0.25, 0.3) is 0 Å². The number of primary amides is 1. The molecule has 1 aromatic carbocycles. The fourth-order valence-electron chi connectivity index (χ4n) is 3.50. The number of imidazole rings is 1. The number of halogens is 1. The highest BCUT2D eigenvalue weighted by molar-refractivity contribution is 5.91. The Hall–Kier alpha value is -4.28. The molecule has 1 saturated heterocycles. The number of hydrogen-bond acceptors (Lipinski definition) is 7. The zero-order valence-electron chi connectivity index (χ0n) is 18.5. The van der Waals surface area contributed by atoms with Gasteiger partial charge in [-0.2, -0.15) is 0 Å². The lowest BCUT2D eigenvalue weighted by atomic mass is 10.0. The molecule has 2 amide bonds. The summed E-state index contributed by atoms with van der Waals surface area (Å²) in [5, 5.41) is 0. The first-order valence-corrected chi connectivity index (χ1v) is 10.5. The number of benzene rings is 1. The van der Waals surface area contributed by atoms with E-state index in [1.165, 1.54) is 35.8 Å². The molecule has 1 aliphatic rings. The molecular weight excluding hydrogens is 445 g/mol. The van der Waals surface area contributed by atoms with Gasteiger partial charge in [-0.25, -0.2) is 23.9 Å². The second-order valence-electron chi connectivity index (χ2n) is 7.68. The summed E-state index contributed by atoms with van der Waals surface area (Å²) < 4.78 is 26.6. The van der Waals surface area contributed by atoms with Crippen molar-refractivity contribution in [2.24, 2.45) is 11.7 Å². The van der Waals surface area contributed by atoms with Crippen LogP contribution in [0.1, 0.15) is 24.3 Å². The first-order chi connectivity index (χ1) is 16.3. The second-order valence-corrected chi connectivity index (χ2v) is 7.68. The number of carbonyl (C=O) groups excluding carboxylic acids is 3. The van der Waals surface area contributed by atoms with Crippen LogP contribution in [0.3, 0.4) is 0 Å². The Morgan fingerprint density at radius 1 is 1.29 bits per heavy atom. The Morgan fingerprint density at radius 2 is 2.09 bits per heavy atom. The van der Waals surface area contributed by atoms with Crippen molar-refractivity contribution in [2.75, 3.05) is 18.1 Å². The molecule has 0 spiro atoms. The molecule has 4 rings (SSSR count). The number of cyclic esters (lactones) is 1. The highest BCUT2D eigenvalue weighted by atomic mass is 19.1. The fraction of sp³-hybridized carbons (Fsp3) is 0.261. The van der Waals surface area contributed by atoms with Gasteiger partial charge in [-0.15, -0.1) is 0 Å². The smallest absolute Gasteiger partial charge is 0.414 e. The van der Waals surface area contributed by atoms with Gasteiger partial charge in [0.05, 0.1) is 24.8 Å². The number of carbonyl (C=O) groups is 3.